The molecule has 0 unspecified atom stereocenters. The fourth-order valence-electron chi connectivity index (χ4n) is 1.48. The van der Waals surface area contributed by atoms with Gasteiger partial charge in [-0.1, -0.05) is 11.8 Å². The number of benzene rings is 1. The molecule has 0 fully saturated rings. The van der Waals surface area contributed by atoms with Gasteiger partial charge in [0.05, 0.1) is 14.7 Å². The minimum atomic E-state index is -3.72. The summed E-state index contributed by atoms with van der Waals surface area (Å²) in [7, 11) is -2.46. The molecule has 0 saturated carbocycles. The smallest absolute Gasteiger partial charge is 0.258 e. The maximum absolute atomic E-state index is 11.7. The van der Waals surface area contributed by atoms with E-state index in [0.717, 1.165) is 23.5 Å². The van der Waals surface area contributed by atoms with Crippen LogP contribution >= 0.6 is 23.1 Å². The van der Waals surface area contributed by atoms with Gasteiger partial charge in [-0.2, -0.15) is 0 Å². The number of thiazole rings is 1. The number of nitro groups is 1. The van der Waals surface area contributed by atoms with E-state index in [-0.39, 0.29) is 10.6 Å². The van der Waals surface area contributed by atoms with Crippen molar-refractivity contribution >= 4 is 38.8 Å². The predicted octanol–water partition coefficient (Wildman–Crippen LogP) is 2.42. The molecule has 0 bridgehead atoms. The van der Waals surface area contributed by atoms with Crippen LogP contribution in [0, 0.1) is 17.0 Å². The number of rotatable bonds is 5. The lowest BCUT2D eigenvalue weighted by Crippen LogP contribution is -2.18. The summed E-state index contributed by atoms with van der Waals surface area (Å²) in [5.41, 5.74) is 0.573. The van der Waals surface area contributed by atoms with Crippen LogP contribution in [0.5, 0.6) is 0 Å². The lowest BCUT2D eigenvalue weighted by atomic mass is 10.3. The molecule has 2 rings (SSSR count). The SMILES string of the molecule is CNS(=O)(=O)c1ccc(Sc2nc(C)cs2)c([N+](=O)[O-])c1. The molecule has 10 heteroatoms. The van der Waals surface area contributed by atoms with Gasteiger partial charge in [0.25, 0.3) is 5.69 Å². The van der Waals surface area contributed by atoms with Crippen molar-refractivity contribution in [1.29, 1.82) is 0 Å². The highest BCUT2D eigenvalue weighted by Gasteiger charge is 2.21. The number of hydrogen-bond acceptors (Lipinski definition) is 7. The maximum Gasteiger partial charge on any atom is 0.284 e. The lowest BCUT2D eigenvalue weighted by Gasteiger charge is -2.05. The first kappa shape index (κ1) is 15.9. The predicted molar refractivity (Wildman–Crippen MR) is 80.3 cm³/mol. The Kier molecular flexibility index (Phi) is 4.61. The molecular weight excluding hydrogens is 334 g/mol. The zero-order valence-electron chi connectivity index (χ0n) is 11.1. The Morgan fingerprint density at radius 1 is 1.43 bits per heavy atom. The van der Waals surface area contributed by atoms with Crippen LogP contribution in [0.2, 0.25) is 0 Å². The van der Waals surface area contributed by atoms with Crippen molar-refractivity contribution in [2.45, 2.75) is 21.1 Å². The van der Waals surface area contributed by atoms with Gasteiger partial charge >= 0.3 is 0 Å². The average molecular weight is 345 g/mol. The highest BCUT2D eigenvalue weighted by molar-refractivity contribution is 8.01. The first-order chi connectivity index (χ1) is 9.83. The van der Waals surface area contributed by atoms with Crippen molar-refractivity contribution in [3.8, 4) is 0 Å². The summed E-state index contributed by atoms with van der Waals surface area (Å²) < 4.78 is 26.2. The Morgan fingerprint density at radius 2 is 2.14 bits per heavy atom. The molecule has 1 aromatic carbocycles. The number of nitrogens with one attached hydrogen (secondary N) is 1. The van der Waals surface area contributed by atoms with Gasteiger partial charge in [-0.05, 0) is 26.1 Å². The summed E-state index contributed by atoms with van der Waals surface area (Å²) in [4.78, 5) is 15.0. The molecule has 1 aromatic heterocycles. The number of aromatic nitrogens is 1. The van der Waals surface area contributed by atoms with E-state index in [1.54, 1.807) is 0 Å². The van der Waals surface area contributed by atoms with E-state index in [1.807, 2.05) is 12.3 Å². The van der Waals surface area contributed by atoms with E-state index in [4.69, 9.17) is 0 Å². The van der Waals surface area contributed by atoms with Crippen molar-refractivity contribution in [3.05, 3.63) is 39.4 Å². The second-order valence-corrected chi connectivity index (χ2v) is 7.98. The Balaban J connectivity index is 2.45. The topological polar surface area (TPSA) is 102 Å². The molecule has 112 valence electrons. The third kappa shape index (κ3) is 3.59. The summed E-state index contributed by atoms with van der Waals surface area (Å²) in [6.45, 7) is 1.83. The van der Waals surface area contributed by atoms with E-state index in [0.29, 0.717) is 9.24 Å². The van der Waals surface area contributed by atoms with E-state index in [1.165, 1.54) is 30.5 Å². The lowest BCUT2D eigenvalue weighted by molar-refractivity contribution is -0.388. The van der Waals surface area contributed by atoms with Crippen LogP contribution in [0.25, 0.3) is 0 Å². The highest BCUT2D eigenvalue weighted by Crippen LogP contribution is 2.37. The maximum atomic E-state index is 11.7. The zero-order valence-corrected chi connectivity index (χ0v) is 13.5. The monoisotopic (exact) mass is 345 g/mol. The van der Waals surface area contributed by atoms with E-state index in [2.05, 4.69) is 9.71 Å². The fourth-order valence-corrected chi connectivity index (χ4v) is 4.11. The van der Waals surface area contributed by atoms with Gasteiger partial charge in [-0.25, -0.2) is 18.1 Å². The normalized spacial score (nSPS) is 11.5. The van der Waals surface area contributed by atoms with Crippen molar-refractivity contribution in [1.82, 2.24) is 9.71 Å². The van der Waals surface area contributed by atoms with Gasteiger partial charge in [-0.3, -0.25) is 10.1 Å². The van der Waals surface area contributed by atoms with Crippen molar-refractivity contribution in [2.75, 3.05) is 7.05 Å². The molecule has 0 saturated heterocycles. The Labute approximate surface area is 129 Å². The Bertz CT molecular complexity index is 786. The molecule has 2 aromatic rings. The van der Waals surface area contributed by atoms with E-state index >= 15 is 0 Å². The molecule has 7 nitrogen and oxygen atoms in total. The van der Waals surface area contributed by atoms with Crippen LogP contribution in [0.15, 0.2) is 37.7 Å². The van der Waals surface area contributed by atoms with Gasteiger partial charge in [0.1, 0.15) is 0 Å². The van der Waals surface area contributed by atoms with Crippen LogP contribution in [0.1, 0.15) is 5.69 Å². The summed E-state index contributed by atoms with van der Waals surface area (Å²) in [6.07, 6.45) is 0. The summed E-state index contributed by atoms with van der Waals surface area (Å²) in [5.74, 6) is 0. The van der Waals surface area contributed by atoms with E-state index < -0.39 is 14.9 Å². The van der Waals surface area contributed by atoms with Gasteiger partial charge in [-0.15, -0.1) is 11.3 Å². The first-order valence-corrected chi connectivity index (χ1v) is 8.83. The number of hydrogen-bond donors (Lipinski definition) is 1. The molecule has 21 heavy (non-hydrogen) atoms. The Morgan fingerprint density at radius 3 is 2.67 bits per heavy atom. The summed E-state index contributed by atoms with van der Waals surface area (Å²) in [6, 6.07) is 3.81. The first-order valence-electron chi connectivity index (χ1n) is 5.65. The summed E-state index contributed by atoms with van der Waals surface area (Å²) >= 11 is 2.52. The van der Waals surface area contributed by atoms with Crippen LogP contribution < -0.4 is 4.72 Å². The number of nitro benzene ring substituents is 1. The third-order valence-electron chi connectivity index (χ3n) is 2.50. The largest absolute Gasteiger partial charge is 0.284 e. The van der Waals surface area contributed by atoms with Gasteiger partial charge in [0.15, 0.2) is 4.34 Å². The molecule has 1 N–H and O–H groups in total. The van der Waals surface area contributed by atoms with Crippen LogP contribution in [0.4, 0.5) is 5.69 Å². The molecule has 0 amide bonds. The molecule has 1 heterocycles. The average Bonchev–Trinajstić information content (AvgIpc) is 2.84. The third-order valence-corrected chi connectivity index (χ3v) is 6.03. The zero-order chi connectivity index (χ0) is 15.6. The quantitative estimate of drug-likeness (QED) is 0.659. The van der Waals surface area contributed by atoms with Gasteiger partial charge in [0, 0.05) is 17.1 Å². The molecule has 0 aliphatic rings. The molecule has 0 radical (unpaired) electrons. The minimum Gasteiger partial charge on any atom is -0.258 e. The number of nitrogens with zero attached hydrogens (tertiary/aromatic N) is 2. The van der Waals surface area contributed by atoms with Crippen LogP contribution in [-0.4, -0.2) is 25.4 Å². The van der Waals surface area contributed by atoms with Crippen molar-refractivity contribution in [3.63, 3.8) is 0 Å². The van der Waals surface area contributed by atoms with Gasteiger partial charge in [0.2, 0.25) is 10.0 Å². The van der Waals surface area contributed by atoms with Crippen molar-refractivity contribution in [2.24, 2.45) is 0 Å². The molecule has 0 atom stereocenters. The second kappa shape index (κ2) is 6.10. The fraction of sp³-hybridized carbons (Fsp3) is 0.182. The summed E-state index contributed by atoms with van der Waals surface area (Å²) in [5, 5.41) is 13.0. The van der Waals surface area contributed by atoms with Crippen LogP contribution in [-0.2, 0) is 10.0 Å². The highest BCUT2D eigenvalue weighted by atomic mass is 32.2. The molecule has 0 aliphatic heterocycles. The molecule has 0 aliphatic carbocycles. The van der Waals surface area contributed by atoms with Crippen LogP contribution in [0.3, 0.4) is 0 Å². The Hall–Kier alpha value is -1.49. The molecule has 0 spiro atoms. The van der Waals surface area contributed by atoms with Crippen molar-refractivity contribution < 1.29 is 13.3 Å². The number of aryl methyl sites for hydroxylation is 1. The number of sulfonamides is 1. The van der Waals surface area contributed by atoms with Gasteiger partial charge < -0.3 is 0 Å². The minimum absolute atomic E-state index is 0.142. The molecular formula is C11H11N3O4S3. The second-order valence-electron chi connectivity index (χ2n) is 3.95. The standard InChI is InChI=1S/C11H11N3O4S3/c1-7-6-19-11(13-7)20-10-4-3-8(21(17,18)12-2)5-9(10)14(15)16/h3-6,12H,1-2H3. The van der Waals surface area contributed by atoms with E-state index in [9.17, 15) is 18.5 Å².